The zero-order chi connectivity index (χ0) is 35.7. The molecule has 0 spiro atoms. The molecule has 4 aliphatic rings. The molecule has 2 aromatic heterocycles. The Morgan fingerprint density at radius 1 is 0.686 bits per heavy atom. The van der Waals surface area contributed by atoms with E-state index < -0.39 is 5.60 Å². The van der Waals surface area contributed by atoms with Crippen molar-refractivity contribution in [3.8, 4) is 11.5 Å². The predicted octanol–water partition coefficient (Wildman–Crippen LogP) is 7.79. The molecule has 0 radical (unpaired) electrons. The molecular formula is C42H48Cl2N4O3. The van der Waals surface area contributed by atoms with Gasteiger partial charge < -0.3 is 24.4 Å². The van der Waals surface area contributed by atoms with Crippen LogP contribution in [-0.2, 0) is 31.3 Å². The normalized spacial score (nSPS) is 20.8. The Bertz CT molecular complexity index is 1930. The molecule has 8 rings (SSSR count). The largest absolute Gasteiger partial charge is 0.495 e. The van der Waals surface area contributed by atoms with Crippen molar-refractivity contribution in [2.75, 3.05) is 54.5 Å². The van der Waals surface area contributed by atoms with Crippen LogP contribution in [0.3, 0.4) is 0 Å². The lowest BCUT2D eigenvalue weighted by Crippen LogP contribution is -2.44. The zero-order valence-corrected chi connectivity index (χ0v) is 31.7. The number of nitrogens with zero attached hydrogens (tertiary/aromatic N) is 4. The molecule has 0 amide bonds. The molecule has 2 fully saturated rings. The van der Waals surface area contributed by atoms with Crippen molar-refractivity contribution < 1.29 is 14.6 Å². The molecule has 1 atom stereocenters. The molecule has 2 aliphatic carbocycles. The summed E-state index contributed by atoms with van der Waals surface area (Å²) in [4.78, 5) is 14.2. The smallest absolute Gasteiger partial charge is 0.137 e. The highest BCUT2D eigenvalue weighted by Gasteiger charge is 2.46. The average molecular weight is 728 g/mol. The minimum absolute atomic E-state index is 0.136. The monoisotopic (exact) mass is 726 g/mol. The Hall–Kier alpha value is -3.46. The quantitative estimate of drug-likeness (QED) is 0.231. The number of halogens is 2. The van der Waals surface area contributed by atoms with Crippen LogP contribution in [-0.4, -0.2) is 79.4 Å². The number of hydrogen-bond donors (Lipinski definition) is 1. The summed E-state index contributed by atoms with van der Waals surface area (Å²) in [6, 6.07) is 16.4. The summed E-state index contributed by atoms with van der Waals surface area (Å²) in [5, 5.41) is 13.7. The van der Waals surface area contributed by atoms with Crippen LogP contribution in [0.15, 0.2) is 66.5 Å². The molecule has 7 nitrogen and oxygen atoms in total. The van der Waals surface area contributed by atoms with Gasteiger partial charge in [-0.15, -0.1) is 0 Å². The number of pyridine rings is 2. The summed E-state index contributed by atoms with van der Waals surface area (Å²) in [7, 11) is 7.68. The van der Waals surface area contributed by atoms with E-state index in [9.17, 15) is 5.11 Å². The summed E-state index contributed by atoms with van der Waals surface area (Å²) in [6.07, 6.45) is 11.3. The highest BCUT2D eigenvalue weighted by molar-refractivity contribution is 6.31. The standard InChI is InChI=1S/C21H25ClN2O2.C21H23ClN2O/c1-24-9-7-16(8-10-24)21(25)19-6-5-17(22)11-14(19)3-4-15-12-18(26-2)13-23-20(15)21;1-24-9-7-14(8-10-24)20-19-6-5-17(22)11-15(19)3-4-16-12-18(25-2)13-23-21(16)20/h5-6,11-13,16,25H,3-4,7-10H2,1-2H3;5-6,11-13H,3-4,7-10H2,1-2H3. The second-order valence-corrected chi connectivity index (χ2v) is 15.4. The van der Waals surface area contributed by atoms with Crippen LogP contribution in [0.2, 0.25) is 10.0 Å². The van der Waals surface area contributed by atoms with Crippen LogP contribution >= 0.6 is 23.2 Å². The first kappa shape index (κ1) is 35.9. The fourth-order valence-corrected chi connectivity index (χ4v) is 8.82. The molecular weight excluding hydrogens is 679 g/mol. The summed E-state index contributed by atoms with van der Waals surface area (Å²) in [5.74, 6) is 1.70. The lowest BCUT2D eigenvalue weighted by molar-refractivity contribution is -0.0148. The van der Waals surface area contributed by atoms with Crippen LogP contribution in [0, 0.1) is 5.92 Å². The number of likely N-dealkylation sites (tertiary alicyclic amines) is 2. The maximum absolute atomic E-state index is 12.2. The third-order valence-corrected chi connectivity index (χ3v) is 11.8. The van der Waals surface area contributed by atoms with Crippen LogP contribution in [0.25, 0.3) is 5.57 Å². The summed E-state index contributed by atoms with van der Waals surface area (Å²) < 4.78 is 10.8. The molecule has 51 heavy (non-hydrogen) atoms. The molecule has 4 aromatic rings. The van der Waals surface area contributed by atoms with E-state index in [0.717, 1.165) is 122 Å². The van der Waals surface area contributed by atoms with Crippen molar-refractivity contribution in [2.24, 2.45) is 5.92 Å². The molecule has 0 saturated carbocycles. The number of ether oxygens (including phenoxy) is 2. The number of aliphatic hydroxyl groups is 1. The highest BCUT2D eigenvalue weighted by Crippen LogP contribution is 2.46. The van der Waals surface area contributed by atoms with Crippen molar-refractivity contribution in [2.45, 2.75) is 57.0 Å². The van der Waals surface area contributed by atoms with E-state index in [4.69, 9.17) is 42.6 Å². The zero-order valence-electron chi connectivity index (χ0n) is 30.1. The highest BCUT2D eigenvalue weighted by atomic mass is 35.5. The van der Waals surface area contributed by atoms with Crippen molar-refractivity contribution in [3.05, 3.63) is 121 Å². The summed E-state index contributed by atoms with van der Waals surface area (Å²) in [5.41, 5.74) is 10.7. The predicted molar refractivity (Wildman–Crippen MR) is 205 cm³/mol. The molecule has 0 bridgehead atoms. The maximum atomic E-state index is 12.2. The number of aryl methyl sites for hydroxylation is 4. The van der Waals surface area contributed by atoms with Crippen LogP contribution < -0.4 is 9.47 Å². The van der Waals surface area contributed by atoms with E-state index in [2.05, 4.69) is 42.1 Å². The molecule has 268 valence electrons. The van der Waals surface area contributed by atoms with Crippen molar-refractivity contribution in [1.29, 1.82) is 0 Å². The van der Waals surface area contributed by atoms with E-state index in [0.29, 0.717) is 5.02 Å². The van der Waals surface area contributed by atoms with E-state index in [1.54, 1.807) is 20.4 Å². The van der Waals surface area contributed by atoms with Gasteiger partial charge in [-0.25, -0.2) is 0 Å². The second-order valence-electron chi connectivity index (χ2n) is 14.5. The van der Waals surface area contributed by atoms with Gasteiger partial charge in [0.05, 0.1) is 38.0 Å². The van der Waals surface area contributed by atoms with Gasteiger partial charge >= 0.3 is 0 Å². The van der Waals surface area contributed by atoms with Crippen molar-refractivity contribution in [1.82, 2.24) is 19.8 Å². The van der Waals surface area contributed by atoms with E-state index in [1.165, 1.54) is 27.8 Å². The van der Waals surface area contributed by atoms with Crippen molar-refractivity contribution in [3.63, 3.8) is 0 Å². The lowest BCUT2D eigenvalue weighted by Gasteiger charge is -2.41. The van der Waals surface area contributed by atoms with Crippen LogP contribution in [0.4, 0.5) is 0 Å². The molecule has 9 heteroatoms. The van der Waals surface area contributed by atoms with Gasteiger partial charge in [0.2, 0.25) is 0 Å². The van der Waals surface area contributed by atoms with Crippen LogP contribution in [0.1, 0.15) is 70.5 Å². The van der Waals surface area contributed by atoms with E-state index in [-0.39, 0.29) is 5.92 Å². The van der Waals surface area contributed by atoms with Gasteiger partial charge in [-0.3, -0.25) is 9.97 Å². The Balaban J connectivity index is 0.000000159. The van der Waals surface area contributed by atoms with Gasteiger partial charge in [0.15, 0.2) is 0 Å². The number of fused-ring (bicyclic) bond motifs is 4. The number of methoxy groups -OCH3 is 2. The van der Waals surface area contributed by atoms with E-state index in [1.807, 2.05) is 36.5 Å². The topological polar surface area (TPSA) is 71.0 Å². The minimum Gasteiger partial charge on any atom is -0.495 e. The minimum atomic E-state index is -1.08. The Kier molecular flexibility index (Phi) is 10.7. The van der Waals surface area contributed by atoms with Gasteiger partial charge in [-0.05, 0) is 148 Å². The van der Waals surface area contributed by atoms with Gasteiger partial charge in [-0.2, -0.15) is 0 Å². The first-order valence-electron chi connectivity index (χ1n) is 18.1. The number of aromatic nitrogens is 2. The fourth-order valence-electron chi connectivity index (χ4n) is 8.43. The maximum Gasteiger partial charge on any atom is 0.137 e. The number of rotatable bonds is 3. The molecule has 1 unspecified atom stereocenters. The van der Waals surface area contributed by atoms with Crippen LogP contribution in [0.5, 0.6) is 11.5 Å². The molecule has 2 aliphatic heterocycles. The Labute approximate surface area is 312 Å². The Morgan fingerprint density at radius 2 is 1.25 bits per heavy atom. The summed E-state index contributed by atoms with van der Waals surface area (Å²) >= 11 is 12.5. The molecule has 2 saturated heterocycles. The number of benzene rings is 2. The van der Waals surface area contributed by atoms with E-state index >= 15 is 0 Å². The fraction of sp³-hybridized carbons (Fsp3) is 0.429. The SMILES string of the molecule is COc1cnc2c(c1)CCc1cc(Cl)ccc1C2(O)C1CCN(C)CC1.COc1cnc2c(c1)CCc1cc(Cl)ccc1C2=C1CCN(C)CC1. The average Bonchev–Trinajstić information content (AvgIpc) is 3.38. The van der Waals surface area contributed by atoms with Gasteiger partial charge in [-0.1, -0.05) is 40.9 Å². The first-order valence-corrected chi connectivity index (χ1v) is 18.9. The van der Waals surface area contributed by atoms with Gasteiger partial charge in [0.1, 0.15) is 17.1 Å². The molecule has 2 aromatic carbocycles. The van der Waals surface area contributed by atoms with Gasteiger partial charge in [0.25, 0.3) is 0 Å². The van der Waals surface area contributed by atoms with Gasteiger partial charge in [0, 0.05) is 34.6 Å². The number of hydrogen-bond acceptors (Lipinski definition) is 7. The second kappa shape index (κ2) is 15.3. The third kappa shape index (κ3) is 7.29. The molecule has 1 N–H and O–H groups in total. The Morgan fingerprint density at radius 3 is 1.96 bits per heavy atom. The first-order chi connectivity index (χ1) is 24.7. The lowest BCUT2D eigenvalue weighted by atomic mass is 9.72. The number of piperidine rings is 2. The van der Waals surface area contributed by atoms with Crippen molar-refractivity contribution >= 4 is 28.8 Å². The third-order valence-electron chi connectivity index (χ3n) is 11.3. The summed E-state index contributed by atoms with van der Waals surface area (Å²) in [6.45, 7) is 4.18. The molecule has 4 heterocycles.